The highest BCUT2D eigenvalue weighted by atomic mass is 32.2. The van der Waals surface area contributed by atoms with Gasteiger partial charge in [-0.05, 0) is 20.3 Å². The number of nitrogens with zero attached hydrogens (tertiary/aromatic N) is 7. The maximum atomic E-state index is 12.6. The van der Waals surface area contributed by atoms with Gasteiger partial charge in [0.05, 0.1) is 23.2 Å². The van der Waals surface area contributed by atoms with Crippen molar-refractivity contribution in [2.75, 3.05) is 18.0 Å². The number of fused-ring (bicyclic) bond motifs is 2. The first-order valence-electron chi connectivity index (χ1n) is 8.84. The minimum atomic E-state index is -3.28. The van der Waals surface area contributed by atoms with E-state index in [1.165, 1.54) is 6.20 Å². The Balaban J connectivity index is 1.65. The molecule has 2 bridgehead atoms. The number of aromatic nitrogens is 4. The molecule has 0 spiro atoms. The van der Waals surface area contributed by atoms with Gasteiger partial charge >= 0.3 is 0 Å². The van der Waals surface area contributed by atoms with Crippen molar-refractivity contribution >= 4 is 15.8 Å². The monoisotopic (exact) mass is 387 g/mol. The standard InChI is InChI=1S/C17H21N7O2S/c1-11(2)27(25,26)24-10-14-4-15(24)9-23(14)17-12(5-18)6-19-16(21-17)13-7-20-22(3)8-13/h6-8,11,14-15H,4,9-10H2,1-3H3/t14-,15-/m0/s1. The minimum absolute atomic E-state index is 0.0206. The molecule has 10 heteroatoms. The van der Waals surface area contributed by atoms with E-state index in [0.717, 1.165) is 12.0 Å². The molecule has 2 fully saturated rings. The van der Waals surface area contributed by atoms with Crippen LogP contribution >= 0.6 is 0 Å². The van der Waals surface area contributed by atoms with Crippen molar-refractivity contribution in [3.63, 3.8) is 0 Å². The molecule has 2 aromatic heterocycles. The number of aryl methyl sites for hydroxylation is 1. The van der Waals surface area contributed by atoms with Gasteiger partial charge in [-0.1, -0.05) is 0 Å². The van der Waals surface area contributed by atoms with E-state index in [2.05, 4.69) is 26.0 Å². The predicted octanol–water partition coefficient (Wildman–Crippen LogP) is 0.750. The molecule has 0 radical (unpaired) electrons. The van der Waals surface area contributed by atoms with E-state index in [-0.39, 0.29) is 12.1 Å². The van der Waals surface area contributed by atoms with Crippen molar-refractivity contribution in [3.8, 4) is 17.5 Å². The number of hydrogen-bond donors (Lipinski definition) is 0. The Morgan fingerprint density at radius 1 is 1.26 bits per heavy atom. The Bertz CT molecular complexity index is 1020. The first-order chi connectivity index (χ1) is 12.8. The van der Waals surface area contributed by atoms with Crippen LogP contribution in [0.4, 0.5) is 5.82 Å². The van der Waals surface area contributed by atoms with Crippen LogP contribution in [0, 0.1) is 11.3 Å². The Hall–Kier alpha value is -2.51. The molecule has 0 unspecified atom stereocenters. The van der Waals surface area contributed by atoms with Gasteiger partial charge in [0.1, 0.15) is 11.6 Å². The van der Waals surface area contributed by atoms with E-state index >= 15 is 0 Å². The fourth-order valence-electron chi connectivity index (χ4n) is 3.82. The lowest BCUT2D eigenvalue weighted by Gasteiger charge is -2.35. The number of rotatable bonds is 4. The summed E-state index contributed by atoms with van der Waals surface area (Å²) in [7, 11) is -1.46. The van der Waals surface area contributed by atoms with Gasteiger partial charge in [0.25, 0.3) is 0 Å². The molecule has 2 aliphatic heterocycles. The van der Waals surface area contributed by atoms with Gasteiger partial charge in [-0.2, -0.15) is 14.7 Å². The van der Waals surface area contributed by atoms with Crippen molar-refractivity contribution in [3.05, 3.63) is 24.2 Å². The Kier molecular flexibility index (Phi) is 4.16. The third-order valence-electron chi connectivity index (χ3n) is 5.24. The van der Waals surface area contributed by atoms with Crippen LogP contribution < -0.4 is 4.90 Å². The van der Waals surface area contributed by atoms with Gasteiger partial charge in [0.2, 0.25) is 10.0 Å². The zero-order chi connectivity index (χ0) is 19.3. The van der Waals surface area contributed by atoms with Crippen molar-refractivity contribution in [1.29, 1.82) is 5.26 Å². The number of piperazine rings is 1. The molecule has 0 aromatic carbocycles. The molecule has 0 N–H and O–H groups in total. The van der Waals surface area contributed by atoms with Crippen LogP contribution in [0.1, 0.15) is 25.8 Å². The lowest BCUT2D eigenvalue weighted by Crippen LogP contribution is -2.50. The van der Waals surface area contributed by atoms with E-state index in [1.54, 1.807) is 29.0 Å². The second kappa shape index (κ2) is 6.28. The third-order valence-corrected chi connectivity index (χ3v) is 7.53. The Morgan fingerprint density at radius 3 is 2.59 bits per heavy atom. The van der Waals surface area contributed by atoms with E-state index in [9.17, 15) is 13.7 Å². The minimum Gasteiger partial charge on any atom is -0.349 e. The van der Waals surface area contributed by atoms with Crippen molar-refractivity contribution in [2.24, 2.45) is 7.05 Å². The Morgan fingerprint density at radius 2 is 2.04 bits per heavy atom. The maximum Gasteiger partial charge on any atom is 0.216 e. The van der Waals surface area contributed by atoms with Crippen LogP contribution in [0.15, 0.2) is 18.6 Å². The summed E-state index contributed by atoms with van der Waals surface area (Å²) in [5.41, 5.74) is 1.17. The van der Waals surface area contributed by atoms with E-state index in [4.69, 9.17) is 0 Å². The normalized spacial score (nSPS) is 22.6. The maximum absolute atomic E-state index is 12.6. The van der Waals surface area contributed by atoms with Crippen LogP contribution in [-0.2, 0) is 17.1 Å². The van der Waals surface area contributed by atoms with Gasteiger partial charge in [-0.25, -0.2) is 18.4 Å². The summed E-state index contributed by atoms with van der Waals surface area (Å²) in [6, 6.07) is 2.10. The number of hydrogen-bond acceptors (Lipinski definition) is 7. The zero-order valence-electron chi connectivity index (χ0n) is 15.4. The molecular weight excluding hydrogens is 366 g/mol. The van der Waals surface area contributed by atoms with Crippen molar-refractivity contribution in [2.45, 2.75) is 37.6 Å². The molecule has 4 rings (SSSR count). The van der Waals surface area contributed by atoms with Gasteiger partial charge in [-0.15, -0.1) is 0 Å². The lowest BCUT2D eigenvalue weighted by atomic mass is 10.2. The molecule has 27 heavy (non-hydrogen) atoms. The fraction of sp³-hybridized carbons (Fsp3) is 0.529. The highest BCUT2D eigenvalue weighted by Crippen LogP contribution is 2.37. The molecule has 0 saturated carbocycles. The van der Waals surface area contributed by atoms with Crippen LogP contribution in [0.25, 0.3) is 11.4 Å². The first-order valence-corrected chi connectivity index (χ1v) is 10.3. The number of anilines is 1. The molecule has 2 saturated heterocycles. The fourth-order valence-corrected chi connectivity index (χ4v) is 5.31. The summed E-state index contributed by atoms with van der Waals surface area (Å²) in [6.45, 7) is 4.38. The van der Waals surface area contributed by atoms with Crippen LogP contribution in [-0.4, -0.2) is 62.9 Å². The molecular formula is C17H21N7O2S. The molecule has 2 aliphatic rings. The summed E-state index contributed by atoms with van der Waals surface area (Å²) in [4.78, 5) is 11.0. The Labute approximate surface area is 158 Å². The smallest absolute Gasteiger partial charge is 0.216 e. The second-order valence-electron chi connectivity index (χ2n) is 7.30. The summed E-state index contributed by atoms with van der Waals surface area (Å²) >= 11 is 0. The molecule has 9 nitrogen and oxygen atoms in total. The SMILES string of the molecule is CC(C)S(=O)(=O)N1C[C@@H]2C[C@H]1CN2c1nc(-c2cnn(C)c2)ncc1C#N. The van der Waals surface area contributed by atoms with Crippen LogP contribution in [0.5, 0.6) is 0 Å². The molecule has 142 valence electrons. The zero-order valence-corrected chi connectivity index (χ0v) is 16.3. The third kappa shape index (κ3) is 2.87. The predicted molar refractivity (Wildman–Crippen MR) is 99.2 cm³/mol. The summed E-state index contributed by atoms with van der Waals surface area (Å²) < 4.78 is 28.4. The average Bonchev–Trinajstić information content (AvgIpc) is 3.36. The molecule has 4 heterocycles. The van der Waals surface area contributed by atoms with E-state index in [0.29, 0.717) is 30.3 Å². The highest BCUT2D eigenvalue weighted by Gasteiger charge is 2.49. The molecule has 0 amide bonds. The van der Waals surface area contributed by atoms with E-state index in [1.807, 2.05) is 13.2 Å². The lowest BCUT2D eigenvalue weighted by molar-refractivity contribution is 0.364. The first kappa shape index (κ1) is 17.9. The van der Waals surface area contributed by atoms with Crippen LogP contribution in [0.3, 0.4) is 0 Å². The molecule has 0 aliphatic carbocycles. The van der Waals surface area contributed by atoms with Crippen molar-refractivity contribution in [1.82, 2.24) is 24.1 Å². The van der Waals surface area contributed by atoms with E-state index < -0.39 is 15.3 Å². The highest BCUT2D eigenvalue weighted by molar-refractivity contribution is 7.89. The molecule has 2 aromatic rings. The summed E-state index contributed by atoms with van der Waals surface area (Å²) in [5.74, 6) is 1.08. The topological polar surface area (TPSA) is 108 Å². The summed E-state index contributed by atoms with van der Waals surface area (Å²) in [5, 5.41) is 13.2. The van der Waals surface area contributed by atoms with Gasteiger partial charge < -0.3 is 4.90 Å². The average molecular weight is 387 g/mol. The van der Waals surface area contributed by atoms with Gasteiger partial charge in [0.15, 0.2) is 11.6 Å². The van der Waals surface area contributed by atoms with Gasteiger partial charge in [0, 0.05) is 38.4 Å². The number of sulfonamides is 1. The second-order valence-corrected chi connectivity index (χ2v) is 9.75. The largest absolute Gasteiger partial charge is 0.349 e. The molecule has 2 atom stereocenters. The quantitative estimate of drug-likeness (QED) is 0.762. The summed E-state index contributed by atoms with van der Waals surface area (Å²) in [6.07, 6.45) is 5.78. The number of nitriles is 1. The van der Waals surface area contributed by atoms with Gasteiger partial charge in [-0.3, -0.25) is 4.68 Å². The van der Waals surface area contributed by atoms with Crippen LogP contribution in [0.2, 0.25) is 0 Å². The van der Waals surface area contributed by atoms with Crippen molar-refractivity contribution < 1.29 is 8.42 Å².